The van der Waals surface area contributed by atoms with Crippen LogP contribution >= 0.6 is 0 Å². The Hall–Kier alpha value is -3.62. The van der Waals surface area contributed by atoms with Crippen molar-refractivity contribution >= 4 is 11.7 Å². The van der Waals surface area contributed by atoms with Crippen LogP contribution in [0.4, 0.5) is 10.5 Å². The normalized spacial score (nSPS) is 14.1. The Labute approximate surface area is 183 Å². The van der Waals surface area contributed by atoms with E-state index in [1.165, 1.54) is 11.1 Å². The predicted octanol–water partition coefficient (Wildman–Crippen LogP) is 4.50. The number of carbonyl (C=O) groups excluding carboxylic acids is 1. The Kier molecular flexibility index (Phi) is 6.61. The van der Waals surface area contributed by atoms with Gasteiger partial charge in [0.05, 0.1) is 11.6 Å². The SMILES string of the molecule is N#Cc1ccc(CN2CCN(C(=O)Nc3ccccc3Cc3ccccc3)CC2)cc1. The van der Waals surface area contributed by atoms with Crippen LogP contribution in [0.5, 0.6) is 0 Å². The maximum Gasteiger partial charge on any atom is 0.321 e. The van der Waals surface area contributed by atoms with E-state index in [-0.39, 0.29) is 6.03 Å². The molecule has 156 valence electrons. The molecule has 0 saturated carbocycles. The molecule has 5 heteroatoms. The highest BCUT2D eigenvalue weighted by atomic mass is 16.2. The van der Waals surface area contributed by atoms with Gasteiger partial charge in [0.2, 0.25) is 0 Å². The summed E-state index contributed by atoms with van der Waals surface area (Å²) in [6.07, 6.45) is 0.787. The molecule has 0 aromatic heterocycles. The van der Waals surface area contributed by atoms with E-state index < -0.39 is 0 Å². The first-order valence-electron chi connectivity index (χ1n) is 10.6. The molecule has 1 N–H and O–H groups in total. The van der Waals surface area contributed by atoms with Gasteiger partial charge in [0.15, 0.2) is 0 Å². The number of rotatable bonds is 5. The largest absolute Gasteiger partial charge is 0.322 e. The number of hydrogen-bond donors (Lipinski definition) is 1. The zero-order valence-electron chi connectivity index (χ0n) is 17.5. The number of para-hydroxylation sites is 1. The highest BCUT2D eigenvalue weighted by Gasteiger charge is 2.21. The van der Waals surface area contributed by atoms with Crippen molar-refractivity contribution in [3.8, 4) is 6.07 Å². The zero-order chi connectivity index (χ0) is 21.5. The number of piperazine rings is 1. The molecule has 3 aromatic carbocycles. The molecule has 0 bridgehead atoms. The highest BCUT2D eigenvalue weighted by Crippen LogP contribution is 2.20. The van der Waals surface area contributed by atoms with E-state index in [0.29, 0.717) is 18.7 Å². The van der Waals surface area contributed by atoms with Crippen molar-refractivity contribution in [1.82, 2.24) is 9.80 Å². The third-order valence-corrected chi connectivity index (χ3v) is 5.65. The lowest BCUT2D eigenvalue weighted by Crippen LogP contribution is -2.49. The number of urea groups is 1. The minimum absolute atomic E-state index is 0.0430. The molecular weight excluding hydrogens is 384 g/mol. The predicted molar refractivity (Wildman–Crippen MR) is 123 cm³/mol. The summed E-state index contributed by atoms with van der Waals surface area (Å²) in [5.74, 6) is 0. The second-order valence-electron chi connectivity index (χ2n) is 7.82. The standard InChI is InChI=1S/C26H26N4O/c27-19-22-10-12-23(13-11-22)20-29-14-16-30(17-15-29)26(31)28-25-9-5-4-8-24(25)18-21-6-2-1-3-7-21/h1-13H,14-18,20H2,(H,28,31). The van der Waals surface area contributed by atoms with Crippen LogP contribution in [0.3, 0.4) is 0 Å². The molecule has 31 heavy (non-hydrogen) atoms. The molecule has 1 heterocycles. The van der Waals surface area contributed by atoms with Crippen LogP contribution in [0.25, 0.3) is 0 Å². The first-order chi connectivity index (χ1) is 15.2. The van der Waals surface area contributed by atoms with Crippen molar-refractivity contribution in [3.63, 3.8) is 0 Å². The quantitative estimate of drug-likeness (QED) is 0.674. The monoisotopic (exact) mass is 410 g/mol. The summed E-state index contributed by atoms with van der Waals surface area (Å²) in [6, 6.07) is 28.1. The molecule has 0 atom stereocenters. The van der Waals surface area contributed by atoms with Gasteiger partial charge in [0, 0.05) is 38.4 Å². The van der Waals surface area contributed by atoms with E-state index >= 15 is 0 Å². The van der Waals surface area contributed by atoms with Crippen molar-refractivity contribution in [3.05, 3.63) is 101 Å². The number of amides is 2. The number of benzene rings is 3. The topological polar surface area (TPSA) is 59.4 Å². The molecule has 1 aliphatic rings. The molecule has 5 nitrogen and oxygen atoms in total. The van der Waals surface area contributed by atoms with Gasteiger partial charge in [-0.15, -0.1) is 0 Å². The first-order valence-corrected chi connectivity index (χ1v) is 10.6. The molecule has 0 spiro atoms. The van der Waals surface area contributed by atoms with Gasteiger partial charge in [0.1, 0.15) is 0 Å². The molecule has 3 aromatic rings. The van der Waals surface area contributed by atoms with Crippen LogP contribution < -0.4 is 5.32 Å². The molecular formula is C26H26N4O. The molecule has 0 radical (unpaired) electrons. The minimum Gasteiger partial charge on any atom is -0.322 e. The summed E-state index contributed by atoms with van der Waals surface area (Å²) in [6.45, 7) is 3.89. The van der Waals surface area contributed by atoms with E-state index in [4.69, 9.17) is 5.26 Å². The Morgan fingerprint density at radius 2 is 1.52 bits per heavy atom. The summed E-state index contributed by atoms with van der Waals surface area (Å²) in [4.78, 5) is 17.1. The molecule has 2 amide bonds. The minimum atomic E-state index is -0.0430. The second-order valence-corrected chi connectivity index (χ2v) is 7.82. The van der Waals surface area contributed by atoms with Crippen molar-refractivity contribution in [2.45, 2.75) is 13.0 Å². The van der Waals surface area contributed by atoms with Crippen LogP contribution in [0.15, 0.2) is 78.9 Å². The highest BCUT2D eigenvalue weighted by molar-refractivity contribution is 5.90. The van der Waals surface area contributed by atoms with E-state index in [0.717, 1.165) is 37.3 Å². The summed E-state index contributed by atoms with van der Waals surface area (Å²) in [5.41, 5.74) is 5.07. The van der Waals surface area contributed by atoms with Gasteiger partial charge in [-0.2, -0.15) is 5.26 Å². The van der Waals surface area contributed by atoms with E-state index in [1.807, 2.05) is 65.6 Å². The molecule has 1 saturated heterocycles. The van der Waals surface area contributed by atoms with Gasteiger partial charge >= 0.3 is 6.03 Å². The van der Waals surface area contributed by atoms with Crippen molar-refractivity contribution in [2.75, 3.05) is 31.5 Å². The smallest absolute Gasteiger partial charge is 0.321 e. The Morgan fingerprint density at radius 1 is 0.839 bits per heavy atom. The first kappa shape index (κ1) is 20.6. The lowest BCUT2D eigenvalue weighted by atomic mass is 10.0. The fourth-order valence-corrected chi connectivity index (χ4v) is 3.86. The molecule has 4 rings (SSSR count). The van der Waals surface area contributed by atoms with Crippen LogP contribution in [0, 0.1) is 11.3 Å². The lowest BCUT2D eigenvalue weighted by molar-refractivity contribution is 0.143. The van der Waals surface area contributed by atoms with Gasteiger partial charge in [-0.3, -0.25) is 4.90 Å². The van der Waals surface area contributed by atoms with Gasteiger partial charge in [-0.25, -0.2) is 4.79 Å². The number of carbonyl (C=O) groups is 1. The third kappa shape index (κ3) is 5.50. The summed E-state index contributed by atoms with van der Waals surface area (Å²) in [7, 11) is 0. The maximum atomic E-state index is 12.9. The second kappa shape index (κ2) is 9.92. The van der Waals surface area contributed by atoms with Crippen molar-refractivity contribution < 1.29 is 4.79 Å². The van der Waals surface area contributed by atoms with Crippen LogP contribution in [-0.4, -0.2) is 42.0 Å². The Balaban J connectivity index is 1.32. The number of nitriles is 1. The van der Waals surface area contributed by atoms with Gasteiger partial charge in [-0.05, 0) is 41.3 Å². The fourth-order valence-electron chi connectivity index (χ4n) is 3.86. The van der Waals surface area contributed by atoms with Gasteiger partial charge in [0.25, 0.3) is 0 Å². The zero-order valence-corrected chi connectivity index (χ0v) is 17.5. The van der Waals surface area contributed by atoms with Crippen LogP contribution in [-0.2, 0) is 13.0 Å². The Morgan fingerprint density at radius 3 is 2.23 bits per heavy atom. The number of nitrogens with zero attached hydrogens (tertiary/aromatic N) is 3. The maximum absolute atomic E-state index is 12.9. The van der Waals surface area contributed by atoms with Crippen LogP contribution in [0.1, 0.15) is 22.3 Å². The van der Waals surface area contributed by atoms with E-state index in [1.54, 1.807) is 0 Å². The molecule has 0 unspecified atom stereocenters. The molecule has 1 fully saturated rings. The summed E-state index contributed by atoms with van der Waals surface area (Å²) >= 11 is 0. The summed E-state index contributed by atoms with van der Waals surface area (Å²) < 4.78 is 0. The van der Waals surface area contributed by atoms with Crippen molar-refractivity contribution in [1.29, 1.82) is 5.26 Å². The third-order valence-electron chi connectivity index (χ3n) is 5.65. The molecule has 1 aliphatic heterocycles. The fraction of sp³-hybridized carbons (Fsp3) is 0.231. The van der Waals surface area contributed by atoms with E-state index in [2.05, 4.69) is 34.5 Å². The van der Waals surface area contributed by atoms with E-state index in [9.17, 15) is 4.79 Å². The van der Waals surface area contributed by atoms with Gasteiger partial charge in [-0.1, -0.05) is 60.7 Å². The molecule has 0 aliphatic carbocycles. The number of nitrogens with one attached hydrogen (secondary N) is 1. The Bertz CT molecular complexity index is 1050. The summed E-state index contributed by atoms with van der Waals surface area (Å²) in [5, 5.41) is 12.0. The van der Waals surface area contributed by atoms with Gasteiger partial charge < -0.3 is 10.2 Å². The number of hydrogen-bond acceptors (Lipinski definition) is 3. The van der Waals surface area contributed by atoms with Crippen LogP contribution in [0.2, 0.25) is 0 Å². The van der Waals surface area contributed by atoms with Crippen molar-refractivity contribution in [2.24, 2.45) is 0 Å². The lowest BCUT2D eigenvalue weighted by Gasteiger charge is -2.34. The average Bonchev–Trinajstić information content (AvgIpc) is 2.82. The number of anilines is 1. The average molecular weight is 411 g/mol.